The van der Waals surface area contributed by atoms with Crippen molar-refractivity contribution in [1.82, 2.24) is 5.32 Å². The van der Waals surface area contributed by atoms with Crippen LogP contribution in [0.2, 0.25) is 0 Å². The quantitative estimate of drug-likeness (QED) is 0.624. The van der Waals surface area contributed by atoms with Crippen molar-refractivity contribution in [1.29, 1.82) is 0 Å². The SMILES string of the molecule is COc1c(C(=O)NCC2(O)CCC2)cccc1[N+](=O)[O-]. The number of carbonyl (C=O) groups excluding carboxylic acids is 1. The van der Waals surface area contributed by atoms with E-state index in [4.69, 9.17) is 4.74 Å². The van der Waals surface area contributed by atoms with Crippen LogP contribution in [-0.2, 0) is 0 Å². The van der Waals surface area contributed by atoms with Crippen LogP contribution < -0.4 is 10.1 Å². The summed E-state index contributed by atoms with van der Waals surface area (Å²) in [7, 11) is 1.28. The van der Waals surface area contributed by atoms with Gasteiger partial charge >= 0.3 is 5.69 Å². The number of hydrogen-bond acceptors (Lipinski definition) is 5. The van der Waals surface area contributed by atoms with Gasteiger partial charge in [-0.3, -0.25) is 14.9 Å². The topological polar surface area (TPSA) is 102 Å². The molecule has 1 amide bonds. The molecule has 0 atom stereocenters. The van der Waals surface area contributed by atoms with Crippen LogP contribution in [0.1, 0.15) is 29.6 Å². The summed E-state index contributed by atoms with van der Waals surface area (Å²) in [6, 6.07) is 4.15. The van der Waals surface area contributed by atoms with Gasteiger partial charge in [0.2, 0.25) is 5.75 Å². The fraction of sp³-hybridized carbons (Fsp3) is 0.462. The maximum atomic E-state index is 12.1. The number of hydrogen-bond donors (Lipinski definition) is 2. The average Bonchev–Trinajstić information content (AvgIpc) is 2.41. The van der Waals surface area contributed by atoms with Crippen LogP contribution in [0.15, 0.2) is 18.2 Å². The zero-order valence-electron chi connectivity index (χ0n) is 11.1. The largest absolute Gasteiger partial charge is 0.490 e. The van der Waals surface area contributed by atoms with E-state index in [2.05, 4.69) is 5.32 Å². The summed E-state index contributed by atoms with van der Waals surface area (Å²) in [5.74, 6) is -0.568. The Morgan fingerprint density at radius 1 is 1.55 bits per heavy atom. The zero-order chi connectivity index (χ0) is 14.8. The third-order valence-electron chi connectivity index (χ3n) is 3.50. The van der Waals surface area contributed by atoms with Gasteiger partial charge in [-0.1, -0.05) is 6.07 Å². The molecule has 0 radical (unpaired) electrons. The molecule has 1 aromatic carbocycles. The van der Waals surface area contributed by atoms with Crippen molar-refractivity contribution in [2.75, 3.05) is 13.7 Å². The van der Waals surface area contributed by atoms with Gasteiger partial charge in [-0.2, -0.15) is 0 Å². The van der Waals surface area contributed by atoms with E-state index in [1.54, 1.807) is 0 Å². The molecule has 0 spiro atoms. The Morgan fingerprint density at radius 2 is 2.25 bits per heavy atom. The van der Waals surface area contributed by atoms with Gasteiger partial charge in [0.05, 0.1) is 23.2 Å². The summed E-state index contributed by atoms with van der Waals surface area (Å²) in [5.41, 5.74) is -1.02. The molecule has 1 fully saturated rings. The third-order valence-corrected chi connectivity index (χ3v) is 3.50. The number of para-hydroxylation sites is 1. The fourth-order valence-electron chi connectivity index (χ4n) is 2.16. The minimum Gasteiger partial charge on any atom is -0.490 e. The van der Waals surface area contributed by atoms with Crippen LogP contribution in [-0.4, -0.2) is 35.2 Å². The molecule has 0 saturated heterocycles. The Labute approximate surface area is 115 Å². The van der Waals surface area contributed by atoms with E-state index in [9.17, 15) is 20.0 Å². The smallest absolute Gasteiger partial charge is 0.311 e. The van der Waals surface area contributed by atoms with E-state index in [1.807, 2.05) is 0 Å². The first-order valence-corrected chi connectivity index (χ1v) is 6.29. The first kappa shape index (κ1) is 14.3. The highest BCUT2D eigenvalue weighted by molar-refractivity contribution is 5.98. The Kier molecular flexibility index (Phi) is 3.89. The molecule has 7 nitrogen and oxygen atoms in total. The van der Waals surface area contributed by atoms with Crippen LogP contribution in [0.5, 0.6) is 5.75 Å². The van der Waals surface area contributed by atoms with E-state index >= 15 is 0 Å². The molecule has 0 aliphatic heterocycles. The van der Waals surface area contributed by atoms with E-state index in [0.29, 0.717) is 12.8 Å². The number of nitro groups is 1. The minimum atomic E-state index is -0.844. The second-order valence-electron chi connectivity index (χ2n) is 4.88. The van der Waals surface area contributed by atoms with Gasteiger partial charge < -0.3 is 15.2 Å². The van der Waals surface area contributed by atoms with Crippen molar-refractivity contribution >= 4 is 11.6 Å². The minimum absolute atomic E-state index is 0.0735. The van der Waals surface area contributed by atoms with E-state index in [0.717, 1.165) is 6.42 Å². The number of amides is 1. The Hall–Kier alpha value is -2.15. The van der Waals surface area contributed by atoms with Gasteiger partial charge in [0.1, 0.15) is 0 Å². The molecule has 0 unspecified atom stereocenters. The van der Waals surface area contributed by atoms with Gasteiger partial charge in [-0.15, -0.1) is 0 Å². The van der Waals surface area contributed by atoms with Crippen molar-refractivity contribution in [3.63, 3.8) is 0 Å². The second-order valence-corrected chi connectivity index (χ2v) is 4.88. The number of rotatable bonds is 5. The van der Waals surface area contributed by atoms with Crippen LogP contribution in [0.4, 0.5) is 5.69 Å². The number of nitrogens with one attached hydrogen (secondary N) is 1. The number of nitro benzene ring substituents is 1. The maximum Gasteiger partial charge on any atom is 0.311 e. The average molecular weight is 280 g/mol. The number of nitrogens with zero attached hydrogens (tertiary/aromatic N) is 1. The lowest BCUT2D eigenvalue weighted by Gasteiger charge is -2.36. The summed E-state index contributed by atoms with van der Waals surface area (Å²) in [5, 5.41) is 23.4. The summed E-state index contributed by atoms with van der Waals surface area (Å²) in [4.78, 5) is 22.3. The highest BCUT2D eigenvalue weighted by atomic mass is 16.6. The first-order valence-electron chi connectivity index (χ1n) is 6.29. The van der Waals surface area contributed by atoms with Crippen molar-refractivity contribution in [2.45, 2.75) is 24.9 Å². The van der Waals surface area contributed by atoms with Crippen LogP contribution in [0, 0.1) is 10.1 Å². The van der Waals surface area contributed by atoms with Crippen molar-refractivity contribution < 1.29 is 19.6 Å². The number of carbonyl (C=O) groups is 1. The predicted octanol–water partition coefficient (Wildman–Crippen LogP) is 1.25. The van der Waals surface area contributed by atoms with E-state index in [-0.39, 0.29) is 23.5 Å². The molecular formula is C13H16N2O5. The van der Waals surface area contributed by atoms with Crippen molar-refractivity contribution in [3.05, 3.63) is 33.9 Å². The Bertz CT molecular complexity index is 540. The molecule has 1 aliphatic rings. The highest BCUT2D eigenvalue weighted by Crippen LogP contribution is 2.32. The number of aliphatic hydroxyl groups is 1. The molecule has 0 aromatic heterocycles. The Morgan fingerprint density at radius 3 is 2.75 bits per heavy atom. The van der Waals surface area contributed by atoms with Gasteiger partial charge in [0, 0.05) is 12.6 Å². The monoisotopic (exact) mass is 280 g/mol. The standard InChI is InChI=1S/C13H16N2O5/c1-20-11-9(4-2-5-10(11)15(18)19)12(16)14-8-13(17)6-3-7-13/h2,4-5,17H,3,6-8H2,1H3,(H,14,16). The van der Waals surface area contributed by atoms with E-state index in [1.165, 1.54) is 25.3 Å². The van der Waals surface area contributed by atoms with Crippen molar-refractivity contribution in [2.24, 2.45) is 0 Å². The number of ether oxygens (including phenoxy) is 1. The molecule has 1 aromatic rings. The third kappa shape index (κ3) is 2.72. The number of methoxy groups -OCH3 is 1. The van der Waals surface area contributed by atoms with E-state index < -0.39 is 16.4 Å². The molecule has 1 aliphatic carbocycles. The number of benzene rings is 1. The molecular weight excluding hydrogens is 264 g/mol. The van der Waals surface area contributed by atoms with Crippen LogP contribution in [0.25, 0.3) is 0 Å². The summed E-state index contributed by atoms with van der Waals surface area (Å²) < 4.78 is 4.97. The van der Waals surface area contributed by atoms with Gasteiger partial charge in [0.25, 0.3) is 5.91 Å². The molecule has 2 rings (SSSR count). The van der Waals surface area contributed by atoms with Gasteiger partial charge in [-0.05, 0) is 25.3 Å². The zero-order valence-corrected chi connectivity index (χ0v) is 11.1. The van der Waals surface area contributed by atoms with Gasteiger partial charge in [0.15, 0.2) is 0 Å². The second kappa shape index (κ2) is 5.46. The normalized spacial score (nSPS) is 16.1. The molecule has 20 heavy (non-hydrogen) atoms. The van der Waals surface area contributed by atoms with Crippen LogP contribution in [0.3, 0.4) is 0 Å². The van der Waals surface area contributed by atoms with Gasteiger partial charge in [-0.25, -0.2) is 0 Å². The first-order chi connectivity index (χ1) is 9.47. The lowest BCUT2D eigenvalue weighted by atomic mass is 9.80. The molecule has 7 heteroatoms. The molecule has 1 saturated carbocycles. The van der Waals surface area contributed by atoms with Crippen molar-refractivity contribution in [3.8, 4) is 5.75 Å². The fourth-order valence-corrected chi connectivity index (χ4v) is 2.16. The summed E-state index contributed by atoms with van der Waals surface area (Å²) in [6.07, 6.45) is 2.24. The lowest BCUT2D eigenvalue weighted by Crippen LogP contribution is -2.47. The molecule has 2 N–H and O–H groups in total. The molecule has 108 valence electrons. The summed E-state index contributed by atoms with van der Waals surface area (Å²) >= 11 is 0. The molecule has 0 bridgehead atoms. The Balaban J connectivity index is 2.16. The lowest BCUT2D eigenvalue weighted by molar-refractivity contribution is -0.385. The summed E-state index contributed by atoms with van der Waals surface area (Å²) in [6.45, 7) is 0.137. The maximum absolute atomic E-state index is 12.1. The van der Waals surface area contributed by atoms with Crippen LogP contribution >= 0.6 is 0 Å². The molecule has 0 heterocycles. The highest BCUT2D eigenvalue weighted by Gasteiger charge is 2.35. The predicted molar refractivity (Wildman–Crippen MR) is 70.8 cm³/mol.